The number of nitrogens with zero attached hydrogens (tertiary/aromatic N) is 1. The van der Waals surface area contributed by atoms with Gasteiger partial charge < -0.3 is 4.18 Å². The molecular formula is C21H16Cl2N2O5S2. The first-order chi connectivity index (χ1) is 15.0. The summed E-state index contributed by atoms with van der Waals surface area (Å²) in [5.41, 5.74) is 0.571. The van der Waals surface area contributed by atoms with Gasteiger partial charge in [0.2, 0.25) is 0 Å². The number of halogens is 2. The number of hydrogen-bond acceptors (Lipinski definition) is 6. The molecule has 0 spiro atoms. The van der Waals surface area contributed by atoms with Gasteiger partial charge in [0.25, 0.3) is 11.8 Å². The van der Waals surface area contributed by atoms with E-state index in [1.165, 1.54) is 30.3 Å². The third-order valence-corrected chi connectivity index (χ3v) is 6.39. The van der Waals surface area contributed by atoms with Crippen molar-refractivity contribution in [3.63, 3.8) is 0 Å². The van der Waals surface area contributed by atoms with Crippen molar-refractivity contribution in [3.05, 3.63) is 75.8 Å². The number of benzene rings is 2. The molecular weight excluding hydrogens is 495 g/mol. The largest absolute Gasteiger partial charge is 0.377 e. The molecule has 0 aliphatic carbocycles. The Morgan fingerprint density at radius 3 is 2.47 bits per heavy atom. The molecule has 1 fully saturated rings. The Balaban J connectivity index is 2.09. The number of carbonyl (C=O) groups excluding carboxylic acids is 2. The summed E-state index contributed by atoms with van der Waals surface area (Å²) >= 11 is 17.3. The molecule has 7 nitrogen and oxygen atoms in total. The highest BCUT2D eigenvalue weighted by Crippen LogP contribution is 2.36. The van der Waals surface area contributed by atoms with Gasteiger partial charge in [0.15, 0.2) is 10.9 Å². The normalized spacial score (nSPS) is 15.7. The van der Waals surface area contributed by atoms with Crippen LogP contribution in [-0.2, 0) is 19.7 Å². The Bertz CT molecular complexity index is 1270. The van der Waals surface area contributed by atoms with Gasteiger partial charge >= 0.3 is 10.1 Å². The summed E-state index contributed by atoms with van der Waals surface area (Å²) in [5.74, 6) is -1.74. The maximum atomic E-state index is 12.8. The zero-order chi connectivity index (χ0) is 23.6. The second kappa shape index (κ2) is 9.41. The second-order valence-electron chi connectivity index (χ2n) is 6.68. The van der Waals surface area contributed by atoms with Gasteiger partial charge in [-0.2, -0.15) is 8.42 Å². The summed E-state index contributed by atoms with van der Waals surface area (Å²) in [7, 11) is -4.27. The lowest BCUT2D eigenvalue weighted by molar-refractivity contribution is -0.128. The molecule has 0 unspecified atom stereocenters. The minimum absolute atomic E-state index is 0.0167. The predicted molar refractivity (Wildman–Crippen MR) is 126 cm³/mol. The first kappa shape index (κ1) is 23.9. The minimum atomic E-state index is -4.27. The van der Waals surface area contributed by atoms with Crippen molar-refractivity contribution in [1.82, 2.24) is 10.2 Å². The molecule has 0 radical (unpaired) electrons. The number of aryl methyl sites for hydroxylation is 1. The third-order valence-electron chi connectivity index (χ3n) is 4.34. The molecule has 2 amide bonds. The maximum absolute atomic E-state index is 12.8. The molecule has 1 N–H and O–H groups in total. The van der Waals surface area contributed by atoms with Crippen LogP contribution in [0.4, 0.5) is 0 Å². The van der Waals surface area contributed by atoms with Gasteiger partial charge in [-0.3, -0.25) is 19.8 Å². The van der Waals surface area contributed by atoms with Crippen LogP contribution >= 0.6 is 35.4 Å². The molecule has 2 aromatic carbocycles. The lowest BCUT2D eigenvalue weighted by Crippen LogP contribution is -2.53. The van der Waals surface area contributed by atoms with Gasteiger partial charge in [-0.05, 0) is 49.5 Å². The Labute approximate surface area is 200 Å². The van der Waals surface area contributed by atoms with E-state index in [0.717, 1.165) is 16.5 Å². The second-order valence-corrected chi connectivity index (χ2v) is 9.45. The van der Waals surface area contributed by atoms with Crippen LogP contribution in [-0.4, -0.2) is 36.8 Å². The average Bonchev–Trinajstić information content (AvgIpc) is 2.71. The summed E-state index contributed by atoms with van der Waals surface area (Å²) in [6, 6.07) is 8.62. The van der Waals surface area contributed by atoms with Gasteiger partial charge in [-0.15, -0.1) is 6.58 Å². The molecule has 0 aromatic heterocycles. The number of hydrogen-bond donors (Lipinski definition) is 1. The van der Waals surface area contributed by atoms with E-state index in [1.54, 1.807) is 12.1 Å². The quantitative estimate of drug-likeness (QED) is 0.208. The van der Waals surface area contributed by atoms with E-state index in [-0.39, 0.29) is 43.5 Å². The van der Waals surface area contributed by atoms with Gasteiger partial charge in [-0.25, -0.2) is 0 Å². The molecule has 3 rings (SSSR count). The molecule has 1 aliphatic heterocycles. The van der Waals surface area contributed by atoms with E-state index in [0.29, 0.717) is 0 Å². The van der Waals surface area contributed by atoms with Gasteiger partial charge in [-0.1, -0.05) is 47.0 Å². The average molecular weight is 511 g/mol. The fraction of sp³-hybridized carbons (Fsp3) is 0.0952. The van der Waals surface area contributed by atoms with Crippen LogP contribution in [0, 0.1) is 6.92 Å². The molecule has 1 aliphatic rings. The summed E-state index contributed by atoms with van der Waals surface area (Å²) in [6.07, 6.45) is 2.59. The van der Waals surface area contributed by atoms with Gasteiger partial charge in [0.1, 0.15) is 10.5 Å². The first-order valence-corrected chi connectivity index (χ1v) is 11.6. The fourth-order valence-corrected chi connectivity index (χ4v) is 4.60. The summed E-state index contributed by atoms with van der Waals surface area (Å²) in [4.78, 5) is 26.3. The van der Waals surface area contributed by atoms with Crippen molar-refractivity contribution in [2.24, 2.45) is 0 Å². The van der Waals surface area contributed by atoms with Crippen molar-refractivity contribution in [3.8, 4) is 5.75 Å². The standard InChI is InChI=1S/C21H16Cl2N2O5S2/c1-3-8-25-20(27)16(19(26)24-21(25)31)10-13-9-14(22)11-17(23)18(13)30-32(28,29)15-6-4-12(2)5-7-15/h3-7,9-11H,1,8H2,2H3,(H,24,26,31)/b16-10-. The Morgan fingerprint density at radius 1 is 1.19 bits per heavy atom. The molecule has 32 heavy (non-hydrogen) atoms. The SMILES string of the molecule is C=CCN1C(=O)/C(=C\c2cc(Cl)cc(Cl)c2OS(=O)(=O)c2ccc(C)cc2)C(=O)NC1=S. The topological polar surface area (TPSA) is 92.8 Å². The first-order valence-electron chi connectivity index (χ1n) is 9.03. The highest BCUT2D eigenvalue weighted by atomic mass is 35.5. The molecule has 1 heterocycles. The molecule has 0 atom stereocenters. The number of rotatable bonds is 6. The van der Waals surface area contributed by atoms with E-state index in [2.05, 4.69) is 11.9 Å². The zero-order valence-electron chi connectivity index (χ0n) is 16.6. The highest BCUT2D eigenvalue weighted by molar-refractivity contribution is 7.87. The van der Waals surface area contributed by atoms with E-state index in [4.69, 9.17) is 39.6 Å². The Morgan fingerprint density at radius 2 is 1.84 bits per heavy atom. The molecule has 11 heteroatoms. The van der Waals surface area contributed by atoms with Crippen molar-refractivity contribution >= 4 is 68.5 Å². The van der Waals surface area contributed by atoms with Crippen LogP contribution in [0.5, 0.6) is 5.75 Å². The van der Waals surface area contributed by atoms with Crippen molar-refractivity contribution in [2.45, 2.75) is 11.8 Å². The van der Waals surface area contributed by atoms with E-state index >= 15 is 0 Å². The van der Waals surface area contributed by atoms with Crippen LogP contribution < -0.4 is 9.50 Å². The smallest absolute Gasteiger partial charge is 0.339 e. The van der Waals surface area contributed by atoms with Crippen LogP contribution in [0.1, 0.15) is 11.1 Å². The number of thiocarbonyl (C=S) groups is 1. The maximum Gasteiger partial charge on any atom is 0.339 e. The molecule has 166 valence electrons. The molecule has 0 bridgehead atoms. The highest BCUT2D eigenvalue weighted by Gasteiger charge is 2.33. The monoisotopic (exact) mass is 510 g/mol. The van der Waals surface area contributed by atoms with Crippen LogP contribution in [0.15, 0.2) is 59.5 Å². The van der Waals surface area contributed by atoms with Gasteiger partial charge in [0, 0.05) is 17.1 Å². The molecule has 1 saturated heterocycles. The minimum Gasteiger partial charge on any atom is -0.377 e. The predicted octanol–water partition coefficient (Wildman–Crippen LogP) is 3.88. The number of carbonyl (C=O) groups is 2. The summed E-state index contributed by atoms with van der Waals surface area (Å²) in [6.45, 7) is 5.43. The van der Waals surface area contributed by atoms with E-state index in [9.17, 15) is 18.0 Å². The van der Waals surface area contributed by atoms with E-state index < -0.39 is 21.9 Å². The summed E-state index contributed by atoms with van der Waals surface area (Å²) < 4.78 is 30.9. The Kier molecular flexibility index (Phi) is 7.04. The summed E-state index contributed by atoms with van der Waals surface area (Å²) in [5, 5.41) is 2.35. The van der Waals surface area contributed by atoms with E-state index in [1.807, 2.05) is 6.92 Å². The zero-order valence-corrected chi connectivity index (χ0v) is 19.7. The Hall–Kier alpha value is -2.72. The van der Waals surface area contributed by atoms with Crippen molar-refractivity contribution < 1.29 is 22.2 Å². The van der Waals surface area contributed by atoms with Crippen LogP contribution in [0.25, 0.3) is 6.08 Å². The fourth-order valence-electron chi connectivity index (χ4n) is 2.78. The number of nitrogens with one attached hydrogen (secondary N) is 1. The lowest BCUT2D eigenvalue weighted by Gasteiger charge is -2.27. The van der Waals surface area contributed by atoms with Crippen LogP contribution in [0.2, 0.25) is 10.0 Å². The molecule has 2 aromatic rings. The molecule has 0 saturated carbocycles. The number of amides is 2. The van der Waals surface area contributed by atoms with Crippen molar-refractivity contribution in [2.75, 3.05) is 6.54 Å². The van der Waals surface area contributed by atoms with Crippen LogP contribution in [0.3, 0.4) is 0 Å². The van der Waals surface area contributed by atoms with Crippen molar-refractivity contribution in [1.29, 1.82) is 0 Å². The third kappa shape index (κ3) is 5.02. The lowest BCUT2D eigenvalue weighted by atomic mass is 10.1. The van der Waals surface area contributed by atoms with Gasteiger partial charge in [0.05, 0.1) is 5.02 Å².